The van der Waals surface area contributed by atoms with E-state index in [1.165, 1.54) is 5.56 Å². The molecule has 0 aliphatic rings. The van der Waals surface area contributed by atoms with Gasteiger partial charge < -0.3 is 5.32 Å². The smallest absolute Gasteiger partial charge is 0.270 e. The third-order valence-electron chi connectivity index (χ3n) is 3.75. The van der Waals surface area contributed by atoms with Gasteiger partial charge in [-0.2, -0.15) is 4.57 Å². The molecular formula is C19H22ClN2OS+. The quantitative estimate of drug-likeness (QED) is 0.460. The van der Waals surface area contributed by atoms with Gasteiger partial charge in [-0.1, -0.05) is 49.3 Å². The van der Waals surface area contributed by atoms with Crippen LogP contribution in [0, 0.1) is 0 Å². The predicted molar refractivity (Wildman–Crippen MR) is 102 cm³/mol. The molecule has 0 amide bonds. The highest BCUT2D eigenvalue weighted by atomic mass is 35.5. The van der Waals surface area contributed by atoms with Crippen LogP contribution in [0.1, 0.15) is 42.2 Å². The van der Waals surface area contributed by atoms with Crippen molar-refractivity contribution < 1.29 is 9.36 Å². The number of carbonyl (C=O) groups is 1. The number of carbonyl (C=O) groups excluding carboxylic acids is 1. The number of hydrogen-bond donors (Lipinski definition) is 1. The van der Waals surface area contributed by atoms with Crippen molar-refractivity contribution in [2.75, 3.05) is 6.54 Å². The number of likely N-dealkylation sites (N-methyl/N-ethyl adjacent to an activating group) is 1. The average Bonchev–Trinajstić information content (AvgIpc) is 2.57. The van der Waals surface area contributed by atoms with Crippen LogP contribution in [0.25, 0.3) is 0 Å². The summed E-state index contributed by atoms with van der Waals surface area (Å²) in [5.41, 5.74) is 1.72. The Bertz CT molecular complexity index is 716. The van der Waals surface area contributed by atoms with E-state index in [0.29, 0.717) is 22.1 Å². The Labute approximate surface area is 153 Å². The van der Waals surface area contributed by atoms with Crippen LogP contribution in [0.3, 0.4) is 0 Å². The Hall–Kier alpha value is -1.78. The van der Waals surface area contributed by atoms with E-state index in [2.05, 4.69) is 12.2 Å². The van der Waals surface area contributed by atoms with Gasteiger partial charge in [-0.15, -0.1) is 0 Å². The Morgan fingerprint density at radius 1 is 1.21 bits per heavy atom. The maximum atomic E-state index is 13.1. The minimum absolute atomic E-state index is 0.111. The Balaban J connectivity index is 2.39. The SMILES string of the molecule is CCCc1cc[n+]([C@H](C(=O)c2ccccc2Cl)C(=S)NCC)cc1. The fraction of sp³-hybridized carbons (Fsp3) is 0.316. The van der Waals surface area contributed by atoms with E-state index in [1.54, 1.807) is 12.1 Å². The van der Waals surface area contributed by atoms with E-state index in [4.69, 9.17) is 23.8 Å². The fourth-order valence-corrected chi connectivity index (χ4v) is 3.17. The first-order chi connectivity index (χ1) is 11.6. The van der Waals surface area contributed by atoms with Crippen LogP contribution in [0.5, 0.6) is 0 Å². The summed E-state index contributed by atoms with van der Waals surface area (Å²) in [7, 11) is 0. The van der Waals surface area contributed by atoms with Gasteiger partial charge in [0.05, 0.1) is 5.02 Å². The number of halogens is 1. The van der Waals surface area contributed by atoms with E-state index in [0.717, 1.165) is 12.8 Å². The lowest BCUT2D eigenvalue weighted by Gasteiger charge is -2.14. The summed E-state index contributed by atoms with van der Waals surface area (Å²) in [6.07, 6.45) is 5.92. The van der Waals surface area contributed by atoms with Crippen molar-refractivity contribution >= 4 is 34.6 Å². The third-order valence-corrected chi connectivity index (χ3v) is 4.44. The number of Topliss-reactive ketones (excluding diaryl/α,β-unsaturated/α-hetero) is 1. The molecule has 2 rings (SSSR count). The van der Waals surface area contributed by atoms with Crippen LogP contribution >= 0.6 is 23.8 Å². The van der Waals surface area contributed by atoms with Gasteiger partial charge in [-0.25, -0.2) is 0 Å². The van der Waals surface area contributed by atoms with Gasteiger partial charge in [-0.3, -0.25) is 4.79 Å². The summed E-state index contributed by atoms with van der Waals surface area (Å²) in [5, 5.41) is 3.54. The molecule has 0 unspecified atom stereocenters. The Morgan fingerprint density at radius 2 is 1.88 bits per heavy atom. The molecule has 24 heavy (non-hydrogen) atoms. The Morgan fingerprint density at radius 3 is 2.46 bits per heavy atom. The molecule has 0 bridgehead atoms. The van der Waals surface area contributed by atoms with Crippen molar-refractivity contribution in [1.29, 1.82) is 0 Å². The van der Waals surface area contributed by atoms with Crippen LogP contribution in [0.15, 0.2) is 48.8 Å². The number of thiocarbonyl (C=S) groups is 1. The zero-order valence-corrected chi connectivity index (χ0v) is 15.5. The van der Waals surface area contributed by atoms with Gasteiger partial charge in [0.25, 0.3) is 6.04 Å². The van der Waals surface area contributed by atoms with Gasteiger partial charge >= 0.3 is 0 Å². The summed E-state index contributed by atoms with van der Waals surface area (Å²) < 4.78 is 1.84. The van der Waals surface area contributed by atoms with Gasteiger partial charge in [-0.05, 0) is 31.0 Å². The molecule has 1 N–H and O–H groups in total. The highest BCUT2D eigenvalue weighted by molar-refractivity contribution is 7.80. The minimum Gasteiger partial charge on any atom is -0.374 e. The number of hydrogen-bond acceptors (Lipinski definition) is 2. The summed E-state index contributed by atoms with van der Waals surface area (Å²) in [5.74, 6) is -0.111. The molecule has 1 heterocycles. The van der Waals surface area contributed by atoms with Crippen molar-refractivity contribution in [1.82, 2.24) is 5.32 Å². The number of ketones is 1. The lowest BCUT2D eigenvalue weighted by molar-refractivity contribution is -0.692. The molecule has 1 aromatic heterocycles. The maximum Gasteiger partial charge on any atom is 0.270 e. The Kier molecular flexibility index (Phi) is 6.88. The molecule has 0 saturated heterocycles. The molecule has 0 aliphatic heterocycles. The van der Waals surface area contributed by atoms with Crippen molar-refractivity contribution in [3.8, 4) is 0 Å². The first-order valence-corrected chi connectivity index (χ1v) is 8.93. The highest BCUT2D eigenvalue weighted by Crippen LogP contribution is 2.20. The van der Waals surface area contributed by atoms with Crippen molar-refractivity contribution in [2.24, 2.45) is 0 Å². The second kappa shape index (κ2) is 8.90. The maximum absolute atomic E-state index is 13.1. The lowest BCUT2D eigenvalue weighted by atomic mass is 10.0. The molecular weight excluding hydrogens is 340 g/mol. The summed E-state index contributed by atoms with van der Waals surface area (Å²) in [6, 6.07) is 10.5. The summed E-state index contributed by atoms with van der Waals surface area (Å²) in [4.78, 5) is 13.6. The first-order valence-electron chi connectivity index (χ1n) is 8.14. The van der Waals surface area contributed by atoms with Crippen molar-refractivity contribution in [3.05, 3.63) is 64.9 Å². The molecule has 1 aromatic carbocycles. The van der Waals surface area contributed by atoms with Crippen LogP contribution in [0.4, 0.5) is 0 Å². The zero-order valence-electron chi connectivity index (χ0n) is 14.0. The van der Waals surface area contributed by atoms with Crippen LogP contribution in [0.2, 0.25) is 5.02 Å². The van der Waals surface area contributed by atoms with Gasteiger partial charge in [0.15, 0.2) is 17.4 Å². The van der Waals surface area contributed by atoms with Crippen LogP contribution in [-0.2, 0) is 6.42 Å². The lowest BCUT2D eigenvalue weighted by Crippen LogP contribution is -2.51. The topological polar surface area (TPSA) is 33.0 Å². The number of aryl methyl sites for hydroxylation is 1. The second-order valence-electron chi connectivity index (χ2n) is 5.54. The summed E-state index contributed by atoms with van der Waals surface area (Å²) in [6.45, 7) is 4.77. The number of aromatic nitrogens is 1. The normalized spacial score (nSPS) is 11.8. The monoisotopic (exact) mass is 361 g/mol. The molecule has 5 heteroatoms. The van der Waals surface area contributed by atoms with E-state index in [9.17, 15) is 4.79 Å². The van der Waals surface area contributed by atoms with E-state index in [1.807, 2.05) is 48.1 Å². The molecule has 0 saturated carbocycles. The molecule has 2 aromatic rings. The predicted octanol–water partition coefficient (Wildman–Crippen LogP) is 3.94. The van der Waals surface area contributed by atoms with Crippen molar-refractivity contribution in [2.45, 2.75) is 32.7 Å². The van der Waals surface area contributed by atoms with Crippen LogP contribution < -0.4 is 9.88 Å². The molecule has 3 nitrogen and oxygen atoms in total. The number of nitrogens with one attached hydrogen (secondary N) is 1. The fourth-order valence-electron chi connectivity index (χ4n) is 2.57. The first kappa shape index (κ1) is 18.6. The highest BCUT2D eigenvalue weighted by Gasteiger charge is 2.33. The van der Waals surface area contributed by atoms with E-state index >= 15 is 0 Å². The molecule has 126 valence electrons. The zero-order chi connectivity index (χ0) is 17.5. The number of benzene rings is 1. The largest absolute Gasteiger partial charge is 0.374 e. The molecule has 0 aliphatic carbocycles. The minimum atomic E-state index is -0.601. The third kappa shape index (κ3) is 4.40. The summed E-state index contributed by atoms with van der Waals surface area (Å²) >= 11 is 11.7. The number of rotatable bonds is 7. The molecule has 1 atom stereocenters. The van der Waals surface area contributed by atoms with Gasteiger partial charge in [0, 0.05) is 24.2 Å². The molecule has 0 radical (unpaired) electrons. The average molecular weight is 362 g/mol. The second-order valence-corrected chi connectivity index (χ2v) is 6.39. The van der Waals surface area contributed by atoms with Crippen LogP contribution in [-0.4, -0.2) is 17.3 Å². The number of nitrogens with zero attached hydrogens (tertiary/aromatic N) is 1. The molecule has 0 spiro atoms. The molecule has 0 fully saturated rings. The van der Waals surface area contributed by atoms with Gasteiger partial charge in [0.2, 0.25) is 5.78 Å². The van der Waals surface area contributed by atoms with Gasteiger partial charge in [0.1, 0.15) is 0 Å². The standard InChI is InChI=1S/C19H21ClN2OS/c1-3-7-14-10-12-22(13-11-14)17(19(24)21-4-2)18(23)15-8-5-6-9-16(15)20/h5-6,8-13,17H,3-4,7H2,1-2H3/p+1/t17-/m1/s1. The van der Waals surface area contributed by atoms with Crippen molar-refractivity contribution in [3.63, 3.8) is 0 Å². The number of pyridine rings is 1. The van der Waals surface area contributed by atoms with E-state index in [-0.39, 0.29) is 5.78 Å². The van der Waals surface area contributed by atoms with E-state index < -0.39 is 6.04 Å².